The van der Waals surface area contributed by atoms with E-state index in [9.17, 15) is 13.2 Å². The summed E-state index contributed by atoms with van der Waals surface area (Å²) < 4.78 is 27.8. The smallest absolute Gasteiger partial charge is 0.229 e. The summed E-state index contributed by atoms with van der Waals surface area (Å²) in [5.74, 6) is 0.283. The Labute approximate surface area is 236 Å². The van der Waals surface area contributed by atoms with Crippen LogP contribution < -0.4 is 0 Å². The van der Waals surface area contributed by atoms with E-state index in [1.807, 2.05) is 60.4 Å². The van der Waals surface area contributed by atoms with E-state index >= 15 is 0 Å². The van der Waals surface area contributed by atoms with Crippen molar-refractivity contribution in [1.82, 2.24) is 9.21 Å². The van der Waals surface area contributed by atoms with E-state index in [0.717, 1.165) is 24.0 Å². The molecule has 2 aromatic carbocycles. The number of hydrogen-bond acceptors (Lipinski definition) is 3. The number of nitrogens with zero attached hydrogens (tertiary/aromatic N) is 2. The van der Waals surface area contributed by atoms with Crippen LogP contribution in [0.25, 0.3) is 0 Å². The number of amides is 1. The third-order valence-electron chi connectivity index (χ3n) is 8.53. The predicted molar refractivity (Wildman–Crippen MR) is 154 cm³/mol. The molecule has 3 aliphatic rings. The van der Waals surface area contributed by atoms with Crippen LogP contribution in [0.5, 0.6) is 0 Å². The molecule has 0 aromatic heterocycles. The normalized spacial score (nSPS) is 27.0. The second-order valence-corrected chi connectivity index (χ2v) is 14.8. The highest BCUT2D eigenvalue weighted by molar-refractivity contribution is 7.90. The number of carbonyl (C=O) groups excluding carboxylic acids is 1. The van der Waals surface area contributed by atoms with Gasteiger partial charge in [-0.2, -0.15) is 0 Å². The number of carbonyl (C=O) groups is 1. The Hall–Kier alpha value is -1.86. The SMILES string of the molecule is C=CC[C@@]1(C)C[C@H](c2cccc(Cl)c2)[C@@H](c2ccc(Cl)cc2)N(C(CN(C)S(=O)(=O)C2CC2)C2CC2)C1=O. The van der Waals surface area contributed by atoms with Gasteiger partial charge in [-0.15, -0.1) is 6.58 Å². The second kappa shape index (κ2) is 10.6. The van der Waals surface area contributed by atoms with Gasteiger partial charge in [0.2, 0.25) is 15.9 Å². The molecule has 204 valence electrons. The first-order valence-electron chi connectivity index (χ1n) is 13.4. The summed E-state index contributed by atoms with van der Waals surface area (Å²) >= 11 is 12.7. The molecule has 38 heavy (non-hydrogen) atoms. The van der Waals surface area contributed by atoms with Crippen LogP contribution in [0, 0.1) is 11.3 Å². The zero-order valence-electron chi connectivity index (χ0n) is 22.0. The molecule has 0 bridgehead atoms. The van der Waals surface area contributed by atoms with E-state index in [1.165, 1.54) is 4.31 Å². The van der Waals surface area contributed by atoms with Crippen molar-refractivity contribution in [3.8, 4) is 0 Å². The van der Waals surface area contributed by atoms with Crippen LogP contribution in [0.2, 0.25) is 10.0 Å². The van der Waals surface area contributed by atoms with Crippen molar-refractivity contribution in [3.63, 3.8) is 0 Å². The third kappa shape index (κ3) is 5.42. The summed E-state index contributed by atoms with van der Waals surface area (Å²) in [6, 6.07) is 15.1. The van der Waals surface area contributed by atoms with Gasteiger partial charge < -0.3 is 4.90 Å². The maximum absolute atomic E-state index is 14.5. The molecular weight excluding hydrogens is 539 g/mol. The van der Waals surface area contributed by atoms with Crippen LogP contribution in [-0.2, 0) is 14.8 Å². The molecule has 5 rings (SSSR count). The van der Waals surface area contributed by atoms with Crippen LogP contribution in [0.4, 0.5) is 0 Å². The molecule has 0 radical (unpaired) electrons. The van der Waals surface area contributed by atoms with Crippen molar-refractivity contribution in [1.29, 1.82) is 0 Å². The lowest BCUT2D eigenvalue weighted by Crippen LogP contribution is -2.58. The Morgan fingerprint density at radius 2 is 1.76 bits per heavy atom. The molecule has 4 atom stereocenters. The first-order valence-corrected chi connectivity index (χ1v) is 15.7. The summed E-state index contributed by atoms with van der Waals surface area (Å²) in [4.78, 5) is 16.6. The summed E-state index contributed by atoms with van der Waals surface area (Å²) in [6.07, 6.45) is 6.40. The number of rotatable bonds is 10. The van der Waals surface area contributed by atoms with Gasteiger partial charge in [0.1, 0.15) is 0 Å². The van der Waals surface area contributed by atoms with Crippen LogP contribution in [0.15, 0.2) is 61.2 Å². The number of sulfonamides is 1. The zero-order chi connectivity index (χ0) is 27.2. The molecule has 1 amide bonds. The Balaban J connectivity index is 1.64. The number of hydrogen-bond donors (Lipinski definition) is 0. The number of halogens is 2. The fourth-order valence-electron chi connectivity index (χ4n) is 6.19. The van der Waals surface area contributed by atoms with Crippen molar-refractivity contribution in [3.05, 3.63) is 82.4 Å². The maximum Gasteiger partial charge on any atom is 0.229 e. The summed E-state index contributed by atoms with van der Waals surface area (Å²) in [5, 5.41) is 0.995. The lowest BCUT2D eigenvalue weighted by molar-refractivity contribution is -0.155. The Morgan fingerprint density at radius 3 is 2.34 bits per heavy atom. The van der Waals surface area contributed by atoms with Crippen LogP contribution in [0.3, 0.4) is 0 Å². The molecule has 1 aliphatic heterocycles. The highest BCUT2D eigenvalue weighted by Gasteiger charge is 2.54. The minimum absolute atomic E-state index is 0.0379. The zero-order valence-corrected chi connectivity index (χ0v) is 24.4. The number of allylic oxidation sites excluding steroid dienone is 1. The molecular formula is C30H36Cl2N2O3S. The average Bonchev–Trinajstić information content (AvgIpc) is 3.78. The summed E-state index contributed by atoms with van der Waals surface area (Å²) in [6.45, 7) is 6.28. The van der Waals surface area contributed by atoms with Gasteiger partial charge in [-0.3, -0.25) is 4.79 Å². The minimum Gasteiger partial charge on any atom is -0.330 e. The van der Waals surface area contributed by atoms with Crippen LogP contribution >= 0.6 is 23.2 Å². The number of benzene rings is 2. The number of likely N-dealkylation sites (tertiary alicyclic amines) is 1. The van der Waals surface area contributed by atoms with E-state index in [2.05, 4.69) is 12.6 Å². The van der Waals surface area contributed by atoms with E-state index in [4.69, 9.17) is 23.2 Å². The monoisotopic (exact) mass is 574 g/mol. The van der Waals surface area contributed by atoms with Gasteiger partial charge in [0.15, 0.2) is 0 Å². The Morgan fingerprint density at radius 1 is 1.08 bits per heavy atom. The van der Waals surface area contributed by atoms with Gasteiger partial charge in [-0.05, 0) is 79.8 Å². The molecule has 2 aliphatic carbocycles. The molecule has 5 nitrogen and oxygen atoms in total. The van der Waals surface area contributed by atoms with E-state index < -0.39 is 15.4 Å². The van der Waals surface area contributed by atoms with Gasteiger partial charge in [0.25, 0.3) is 0 Å². The summed E-state index contributed by atoms with van der Waals surface area (Å²) in [7, 11) is -1.70. The molecule has 8 heteroatoms. The van der Waals surface area contributed by atoms with Gasteiger partial charge in [0.05, 0.1) is 16.7 Å². The fraction of sp³-hybridized carbons (Fsp3) is 0.500. The Kier molecular flexibility index (Phi) is 7.73. The first-order chi connectivity index (χ1) is 18.0. The van der Waals surface area contributed by atoms with E-state index in [1.54, 1.807) is 7.05 Å². The van der Waals surface area contributed by atoms with Gasteiger partial charge in [-0.1, -0.05) is 60.5 Å². The largest absolute Gasteiger partial charge is 0.330 e. The van der Waals surface area contributed by atoms with Crippen molar-refractivity contribution < 1.29 is 13.2 Å². The minimum atomic E-state index is -3.38. The maximum atomic E-state index is 14.5. The molecule has 2 aromatic rings. The predicted octanol–water partition coefficient (Wildman–Crippen LogP) is 6.84. The molecule has 0 spiro atoms. The van der Waals surface area contributed by atoms with Gasteiger partial charge >= 0.3 is 0 Å². The van der Waals surface area contributed by atoms with E-state index in [0.29, 0.717) is 42.3 Å². The molecule has 2 saturated carbocycles. The van der Waals surface area contributed by atoms with Crippen molar-refractivity contribution >= 4 is 39.1 Å². The summed E-state index contributed by atoms with van der Waals surface area (Å²) in [5.41, 5.74) is 1.39. The standard InChI is InChI=1S/C30H36Cl2N2O3S/c1-4-16-30(2)18-26(22-6-5-7-24(32)17-22)28(21-10-12-23(31)13-11-21)34(29(30)35)27(20-8-9-20)19-33(3)38(36,37)25-14-15-25/h4-7,10-13,17,20,25-28H,1,8-9,14-16,18-19H2,2-3H3/t26-,27?,28-,30+/m1/s1. The van der Waals surface area contributed by atoms with Crippen molar-refractivity contribution in [2.45, 2.75) is 68.7 Å². The average molecular weight is 576 g/mol. The first kappa shape index (κ1) is 27.7. The lowest BCUT2D eigenvalue weighted by Gasteiger charge is -2.52. The molecule has 1 saturated heterocycles. The van der Waals surface area contributed by atoms with Gasteiger partial charge in [0, 0.05) is 35.6 Å². The highest BCUT2D eigenvalue weighted by atomic mass is 35.5. The topological polar surface area (TPSA) is 57.7 Å². The highest BCUT2D eigenvalue weighted by Crippen LogP contribution is 2.54. The lowest BCUT2D eigenvalue weighted by atomic mass is 9.67. The number of likely N-dealkylation sites (N-methyl/N-ethyl adjacent to an activating group) is 1. The third-order valence-corrected chi connectivity index (χ3v) is 11.4. The second-order valence-electron chi connectivity index (χ2n) is 11.6. The van der Waals surface area contributed by atoms with Crippen molar-refractivity contribution in [2.24, 2.45) is 11.3 Å². The van der Waals surface area contributed by atoms with Crippen LogP contribution in [0.1, 0.15) is 68.5 Å². The molecule has 0 N–H and O–H groups in total. The van der Waals surface area contributed by atoms with Crippen LogP contribution in [-0.4, -0.2) is 48.4 Å². The van der Waals surface area contributed by atoms with Gasteiger partial charge in [-0.25, -0.2) is 12.7 Å². The molecule has 1 heterocycles. The number of piperidine rings is 1. The quantitative estimate of drug-likeness (QED) is 0.292. The van der Waals surface area contributed by atoms with E-state index in [-0.39, 0.29) is 35.1 Å². The molecule has 3 fully saturated rings. The fourth-order valence-corrected chi connectivity index (χ4v) is 8.11. The Bertz CT molecular complexity index is 1310. The van der Waals surface area contributed by atoms with Crippen molar-refractivity contribution in [2.75, 3.05) is 13.6 Å². The molecule has 1 unspecified atom stereocenters.